The Balaban J connectivity index is 1.54. The van der Waals surface area contributed by atoms with Gasteiger partial charge < -0.3 is 9.84 Å². The Labute approximate surface area is 156 Å². The van der Waals surface area contributed by atoms with Gasteiger partial charge in [-0.15, -0.1) is 11.3 Å². The Bertz CT molecular complexity index is 739. The maximum absolute atomic E-state index is 12.2. The third kappa shape index (κ3) is 4.94. The number of benzene rings is 1. The number of aliphatic hydroxyl groups excluding tert-OH is 1. The summed E-state index contributed by atoms with van der Waals surface area (Å²) in [7, 11) is 0. The molecular formula is C20H21ClO3S. The summed E-state index contributed by atoms with van der Waals surface area (Å²) in [6.45, 7) is 0.243. The van der Waals surface area contributed by atoms with Crippen LogP contribution in [-0.2, 0) is 17.8 Å². The second-order valence-corrected chi connectivity index (χ2v) is 7.74. The van der Waals surface area contributed by atoms with Crippen LogP contribution in [0, 0.1) is 11.8 Å². The number of ether oxygens (including phenoxy) is 1. The molecule has 1 aliphatic carbocycles. The quantitative estimate of drug-likeness (QED) is 0.728. The highest BCUT2D eigenvalue weighted by Crippen LogP contribution is 2.29. The average molecular weight is 377 g/mol. The lowest BCUT2D eigenvalue weighted by Gasteiger charge is -2.19. The molecule has 0 saturated heterocycles. The second-order valence-electron chi connectivity index (χ2n) is 6.27. The summed E-state index contributed by atoms with van der Waals surface area (Å²) < 4.78 is 5.81. The Morgan fingerprint density at radius 3 is 2.92 bits per heavy atom. The van der Waals surface area contributed by atoms with Gasteiger partial charge >= 0.3 is 0 Å². The lowest BCUT2D eigenvalue weighted by atomic mass is 9.90. The average Bonchev–Trinajstić information content (AvgIpc) is 3.23. The van der Waals surface area contributed by atoms with E-state index >= 15 is 0 Å². The summed E-state index contributed by atoms with van der Waals surface area (Å²) >= 11 is 7.81. The standard InChI is InChI=1S/C20H21ClO3S/c21-16-9-14(12-22)10-17(11-16)24-13-19-15(6-7-20(19)23)3-1-4-18-5-2-8-25-18/h2,5-11,15,19,22H,1,3-4,12-13H2/t15-,19+/m0/s1. The second kappa shape index (κ2) is 8.65. The van der Waals surface area contributed by atoms with E-state index in [1.165, 1.54) is 4.88 Å². The molecule has 5 heteroatoms. The maximum atomic E-state index is 12.2. The normalized spacial score (nSPS) is 19.5. The van der Waals surface area contributed by atoms with Crippen molar-refractivity contribution in [3.05, 3.63) is 63.3 Å². The first kappa shape index (κ1) is 18.2. The van der Waals surface area contributed by atoms with Crippen molar-refractivity contribution in [1.29, 1.82) is 0 Å². The third-order valence-electron chi connectivity index (χ3n) is 4.47. The largest absolute Gasteiger partial charge is 0.493 e. The molecule has 0 aliphatic heterocycles. The van der Waals surface area contributed by atoms with Gasteiger partial charge in [-0.05, 0) is 66.5 Å². The van der Waals surface area contributed by atoms with Gasteiger partial charge in [0.15, 0.2) is 5.78 Å². The van der Waals surface area contributed by atoms with Crippen molar-refractivity contribution in [1.82, 2.24) is 0 Å². The third-order valence-corrected chi connectivity index (χ3v) is 5.63. The van der Waals surface area contributed by atoms with Gasteiger partial charge in [0.1, 0.15) is 5.75 Å². The fraction of sp³-hybridized carbons (Fsp3) is 0.350. The number of carbonyl (C=O) groups is 1. The summed E-state index contributed by atoms with van der Waals surface area (Å²) in [5.41, 5.74) is 0.700. The maximum Gasteiger partial charge on any atom is 0.162 e. The summed E-state index contributed by atoms with van der Waals surface area (Å²) in [5.74, 6) is 0.808. The van der Waals surface area contributed by atoms with Gasteiger partial charge in [-0.1, -0.05) is 23.7 Å². The fourth-order valence-corrected chi connectivity index (χ4v) is 4.14. The van der Waals surface area contributed by atoms with Gasteiger partial charge in [-0.2, -0.15) is 0 Å². The zero-order valence-electron chi connectivity index (χ0n) is 13.9. The van der Waals surface area contributed by atoms with Crippen LogP contribution in [0.1, 0.15) is 23.3 Å². The molecule has 25 heavy (non-hydrogen) atoms. The monoisotopic (exact) mass is 376 g/mol. The molecule has 132 valence electrons. The first-order valence-corrected chi connectivity index (χ1v) is 9.69. The zero-order valence-corrected chi connectivity index (χ0v) is 15.4. The number of aryl methyl sites for hydroxylation is 1. The van der Waals surface area contributed by atoms with Crippen molar-refractivity contribution in [2.24, 2.45) is 11.8 Å². The van der Waals surface area contributed by atoms with Gasteiger partial charge in [0.25, 0.3) is 0 Å². The molecule has 0 spiro atoms. The Kier molecular flexibility index (Phi) is 6.29. The highest BCUT2D eigenvalue weighted by molar-refractivity contribution is 7.09. The minimum absolute atomic E-state index is 0.0911. The van der Waals surface area contributed by atoms with E-state index < -0.39 is 0 Å². The number of hydrogen-bond acceptors (Lipinski definition) is 4. The van der Waals surface area contributed by atoms with E-state index in [1.807, 2.05) is 6.08 Å². The first-order valence-electron chi connectivity index (χ1n) is 8.43. The number of carbonyl (C=O) groups excluding carboxylic acids is 1. The molecule has 0 saturated carbocycles. The summed E-state index contributed by atoms with van der Waals surface area (Å²) in [4.78, 5) is 13.5. The molecule has 1 aliphatic rings. The van der Waals surface area contributed by atoms with Gasteiger partial charge in [0.05, 0.1) is 19.1 Å². The number of halogens is 1. The van der Waals surface area contributed by atoms with Crippen molar-refractivity contribution in [3.8, 4) is 5.75 Å². The van der Waals surface area contributed by atoms with Crippen LogP contribution in [0.4, 0.5) is 0 Å². The number of allylic oxidation sites excluding steroid dienone is 2. The fourth-order valence-electron chi connectivity index (χ4n) is 3.14. The number of thiophene rings is 1. The minimum Gasteiger partial charge on any atom is -0.493 e. The number of hydrogen-bond donors (Lipinski definition) is 1. The number of rotatable bonds is 8. The minimum atomic E-state index is -0.139. The first-order chi connectivity index (χ1) is 12.2. The van der Waals surface area contributed by atoms with Crippen LogP contribution in [0.25, 0.3) is 0 Å². The smallest absolute Gasteiger partial charge is 0.162 e. The molecule has 1 aromatic heterocycles. The molecule has 1 N–H and O–H groups in total. The van der Waals surface area contributed by atoms with E-state index in [4.69, 9.17) is 16.3 Å². The lowest BCUT2D eigenvalue weighted by molar-refractivity contribution is -0.119. The summed E-state index contributed by atoms with van der Waals surface area (Å²) in [5, 5.41) is 11.9. The molecule has 0 bridgehead atoms. The molecule has 0 unspecified atom stereocenters. The van der Waals surface area contributed by atoms with Crippen molar-refractivity contribution in [2.45, 2.75) is 25.9 Å². The van der Waals surface area contributed by atoms with Gasteiger partial charge in [-0.3, -0.25) is 4.79 Å². The molecule has 1 aromatic carbocycles. The molecule has 0 radical (unpaired) electrons. The van der Waals surface area contributed by atoms with Gasteiger partial charge in [0, 0.05) is 9.90 Å². The Morgan fingerprint density at radius 1 is 1.28 bits per heavy atom. The molecule has 0 fully saturated rings. The van der Waals surface area contributed by atoms with Gasteiger partial charge in [-0.25, -0.2) is 0 Å². The Morgan fingerprint density at radius 2 is 2.16 bits per heavy atom. The molecular weight excluding hydrogens is 356 g/mol. The van der Waals surface area contributed by atoms with E-state index in [-0.39, 0.29) is 24.2 Å². The zero-order chi connectivity index (χ0) is 17.6. The highest BCUT2D eigenvalue weighted by Gasteiger charge is 2.30. The van der Waals surface area contributed by atoms with Crippen LogP contribution < -0.4 is 4.74 Å². The van der Waals surface area contributed by atoms with Crippen LogP contribution in [0.3, 0.4) is 0 Å². The molecule has 0 amide bonds. The number of ketones is 1. The molecule has 3 nitrogen and oxygen atoms in total. The highest BCUT2D eigenvalue weighted by atomic mass is 35.5. The van der Waals surface area contributed by atoms with E-state index in [0.717, 1.165) is 19.3 Å². The van der Waals surface area contributed by atoms with E-state index in [0.29, 0.717) is 22.9 Å². The van der Waals surface area contributed by atoms with Gasteiger partial charge in [0.2, 0.25) is 0 Å². The molecule has 2 aromatic rings. The molecule has 2 atom stereocenters. The summed E-state index contributed by atoms with van der Waals surface area (Å²) in [6.07, 6.45) is 6.79. The summed E-state index contributed by atoms with van der Waals surface area (Å²) in [6, 6.07) is 9.38. The predicted octanol–water partition coefficient (Wildman–Crippen LogP) is 4.67. The number of aliphatic hydroxyl groups is 1. The van der Waals surface area contributed by atoms with Crippen LogP contribution in [0.15, 0.2) is 47.9 Å². The van der Waals surface area contributed by atoms with Crippen molar-refractivity contribution in [2.75, 3.05) is 6.61 Å². The topological polar surface area (TPSA) is 46.5 Å². The van der Waals surface area contributed by atoms with Crippen LogP contribution in [0.5, 0.6) is 5.75 Å². The van der Waals surface area contributed by atoms with Crippen molar-refractivity contribution in [3.63, 3.8) is 0 Å². The molecule has 1 heterocycles. The van der Waals surface area contributed by atoms with E-state index in [2.05, 4.69) is 17.5 Å². The van der Waals surface area contributed by atoms with Crippen LogP contribution in [0.2, 0.25) is 5.02 Å². The SMILES string of the molecule is O=C1C=C[C@H](CCCc2cccs2)[C@H]1COc1cc(Cl)cc(CO)c1. The van der Waals surface area contributed by atoms with E-state index in [9.17, 15) is 9.90 Å². The van der Waals surface area contributed by atoms with Crippen molar-refractivity contribution < 1.29 is 14.6 Å². The van der Waals surface area contributed by atoms with Crippen LogP contribution >= 0.6 is 22.9 Å². The predicted molar refractivity (Wildman–Crippen MR) is 101 cm³/mol. The molecule has 3 rings (SSSR count). The van der Waals surface area contributed by atoms with Crippen molar-refractivity contribution >= 4 is 28.7 Å². The lowest BCUT2D eigenvalue weighted by Crippen LogP contribution is -2.23. The van der Waals surface area contributed by atoms with E-state index in [1.54, 1.807) is 35.6 Å². The Hall–Kier alpha value is -1.62. The van der Waals surface area contributed by atoms with Crippen LogP contribution in [-0.4, -0.2) is 17.5 Å².